The summed E-state index contributed by atoms with van der Waals surface area (Å²) in [6.45, 7) is 1.65. The summed E-state index contributed by atoms with van der Waals surface area (Å²) in [5.74, 6) is -1.04. The van der Waals surface area contributed by atoms with Gasteiger partial charge in [0.2, 0.25) is 5.91 Å². The molecule has 0 aliphatic carbocycles. The highest BCUT2D eigenvalue weighted by molar-refractivity contribution is 6.34. The minimum absolute atomic E-state index is 0.206. The van der Waals surface area contributed by atoms with Gasteiger partial charge in [0, 0.05) is 5.56 Å². The van der Waals surface area contributed by atoms with E-state index in [2.05, 4.69) is 5.32 Å². The Labute approximate surface area is 79.7 Å². The highest BCUT2D eigenvalue weighted by Gasteiger charge is 2.31. The second-order valence-corrected chi connectivity index (χ2v) is 3.44. The second-order valence-electron chi connectivity index (χ2n) is 3.03. The van der Waals surface area contributed by atoms with Crippen molar-refractivity contribution in [2.75, 3.05) is 5.32 Å². The number of halogens is 2. The maximum absolute atomic E-state index is 13.2. The van der Waals surface area contributed by atoms with Crippen molar-refractivity contribution in [3.63, 3.8) is 0 Å². The van der Waals surface area contributed by atoms with Gasteiger partial charge in [-0.1, -0.05) is 11.6 Å². The fraction of sp³-hybridized carbons (Fsp3) is 0.222. The first-order valence-corrected chi connectivity index (χ1v) is 4.28. The largest absolute Gasteiger partial charge is 0.324 e. The summed E-state index contributed by atoms with van der Waals surface area (Å²) < 4.78 is 13.2. The third-order valence-corrected chi connectivity index (χ3v) is 2.53. The lowest BCUT2D eigenvalue weighted by atomic mass is 10.0. The van der Waals surface area contributed by atoms with Gasteiger partial charge >= 0.3 is 0 Å². The summed E-state index contributed by atoms with van der Waals surface area (Å²) >= 11 is 5.79. The smallest absolute Gasteiger partial charge is 0.231 e. The fourth-order valence-electron chi connectivity index (χ4n) is 1.48. The van der Waals surface area contributed by atoms with Gasteiger partial charge < -0.3 is 5.32 Å². The number of nitrogens with one attached hydrogen (secondary N) is 1. The van der Waals surface area contributed by atoms with Crippen LogP contribution in [0.5, 0.6) is 0 Å². The lowest BCUT2D eigenvalue weighted by molar-refractivity contribution is -0.116. The Bertz CT molecular complexity index is 391. The average molecular weight is 200 g/mol. The van der Waals surface area contributed by atoms with Crippen LogP contribution in [0.15, 0.2) is 12.1 Å². The molecule has 0 saturated heterocycles. The molecular formula is C9H7ClFNO. The Morgan fingerprint density at radius 1 is 1.54 bits per heavy atom. The molecule has 68 valence electrons. The third-order valence-electron chi connectivity index (χ3n) is 2.22. The van der Waals surface area contributed by atoms with Crippen LogP contribution in [0, 0.1) is 5.82 Å². The lowest BCUT2D eigenvalue weighted by Gasteiger charge is -2.03. The number of amides is 1. The quantitative estimate of drug-likeness (QED) is 0.684. The van der Waals surface area contributed by atoms with E-state index in [-0.39, 0.29) is 11.7 Å². The number of carbonyl (C=O) groups is 1. The first-order chi connectivity index (χ1) is 6.11. The average Bonchev–Trinajstić information content (AvgIpc) is 2.38. The number of carbonyl (C=O) groups excluding carboxylic acids is 1. The Morgan fingerprint density at radius 2 is 2.23 bits per heavy atom. The third kappa shape index (κ3) is 1.11. The van der Waals surface area contributed by atoms with Gasteiger partial charge in [0.25, 0.3) is 0 Å². The molecule has 1 aliphatic rings. The molecule has 0 bridgehead atoms. The zero-order valence-corrected chi connectivity index (χ0v) is 7.65. The summed E-state index contributed by atoms with van der Waals surface area (Å²) in [6.07, 6.45) is 0. The zero-order chi connectivity index (χ0) is 9.59. The normalized spacial score (nSPS) is 19.9. The van der Waals surface area contributed by atoms with E-state index in [0.29, 0.717) is 16.3 Å². The number of benzene rings is 1. The molecule has 0 saturated carbocycles. The van der Waals surface area contributed by atoms with Gasteiger partial charge in [-0.05, 0) is 19.1 Å². The maximum atomic E-state index is 13.2. The number of anilines is 1. The van der Waals surface area contributed by atoms with Gasteiger partial charge in [0.15, 0.2) is 0 Å². The number of rotatable bonds is 0. The standard InChI is InChI=1S/C9H7ClFNO/c1-4-7-6(11)3-2-5(10)8(7)12-9(4)13/h2-4H,1H3,(H,12,13). The second kappa shape index (κ2) is 2.70. The van der Waals surface area contributed by atoms with Crippen LogP contribution in [0.2, 0.25) is 5.02 Å². The van der Waals surface area contributed by atoms with E-state index in [1.54, 1.807) is 6.92 Å². The number of hydrogen-bond donors (Lipinski definition) is 1. The molecular weight excluding hydrogens is 193 g/mol. The van der Waals surface area contributed by atoms with Gasteiger partial charge in [-0.2, -0.15) is 0 Å². The van der Waals surface area contributed by atoms with E-state index in [1.165, 1.54) is 12.1 Å². The van der Waals surface area contributed by atoms with Crippen molar-refractivity contribution in [3.8, 4) is 0 Å². The first kappa shape index (κ1) is 8.51. The summed E-state index contributed by atoms with van der Waals surface area (Å²) in [6, 6.07) is 2.71. The van der Waals surface area contributed by atoms with Crippen molar-refractivity contribution in [1.29, 1.82) is 0 Å². The van der Waals surface area contributed by atoms with E-state index >= 15 is 0 Å². The molecule has 0 spiro atoms. The summed E-state index contributed by atoms with van der Waals surface area (Å²) in [4.78, 5) is 11.2. The van der Waals surface area contributed by atoms with Crippen molar-refractivity contribution < 1.29 is 9.18 Å². The number of fused-ring (bicyclic) bond motifs is 1. The van der Waals surface area contributed by atoms with E-state index in [0.717, 1.165) is 0 Å². The van der Waals surface area contributed by atoms with Crippen LogP contribution in [-0.2, 0) is 4.79 Å². The van der Waals surface area contributed by atoms with Crippen molar-refractivity contribution in [3.05, 3.63) is 28.5 Å². The van der Waals surface area contributed by atoms with Gasteiger partial charge in [0.1, 0.15) is 5.82 Å². The summed E-state index contributed by atoms with van der Waals surface area (Å²) in [5.41, 5.74) is 0.789. The Morgan fingerprint density at radius 3 is 2.85 bits per heavy atom. The van der Waals surface area contributed by atoms with Crippen LogP contribution in [0.25, 0.3) is 0 Å². The van der Waals surface area contributed by atoms with Crippen LogP contribution in [0.4, 0.5) is 10.1 Å². The van der Waals surface area contributed by atoms with Crippen LogP contribution >= 0.6 is 11.6 Å². The Hall–Kier alpha value is -1.09. The molecule has 1 N–H and O–H groups in total. The van der Waals surface area contributed by atoms with Crippen LogP contribution < -0.4 is 5.32 Å². The van der Waals surface area contributed by atoms with Gasteiger partial charge in [-0.15, -0.1) is 0 Å². The maximum Gasteiger partial charge on any atom is 0.231 e. The van der Waals surface area contributed by atoms with E-state index < -0.39 is 5.92 Å². The predicted octanol–water partition coefficient (Wildman–Crippen LogP) is 2.53. The van der Waals surface area contributed by atoms with E-state index in [4.69, 9.17) is 11.6 Å². The van der Waals surface area contributed by atoms with Crippen LogP contribution in [-0.4, -0.2) is 5.91 Å². The highest BCUT2D eigenvalue weighted by Crippen LogP contribution is 2.38. The van der Waals surface area contributed by atoms with Crippen molar-refractivity contribution >= 4 is 23.2 Å². The molecule has 2 rings (SSSR count). The van der Waals surface area contributed by atoms with Gasteiger partial charge in [-0.25, -0.2) is 4.39 Å². The lowest BCUT2D eigenvalue weighted by Crippen LogP contribution is -2.08. The van der Waals surface area contributed by atoms with Crippen molar-refractivity contribution in [2.45, 2.75) is 12.8 Å². The SMILES string of the molecule is CC1C(=O)Nc2c(Cl)ccc(F)c21. The fourth-order valence-corrected chi connectivity index (χ4v) is 1.69. The molecule has 1 aromatic carbocycles. The molecule has 1 heterocycles. The number of hydrogen-bond acceptors (Lipinski definition) is 1. The minimum atomic E-state index is -0.450. The summed E-state index contributed by atoms with van der Waals surface area (Å²) in [5, 5.41) is 2.93. The summed E-state index contributed by atoms with van der Waals surface area (Å²) in [7, 11) is 0. The van der Waals surface area contributed by atoms with E-state index in [1.807, 2.05) is 0 Å². The van der Waals surface area contributed by atoms with Crippen LogP contribution in [0.3, 0.4) is 0 Å². The molecule has 2 nitrogen and oxygen atoms in total. The van der Waals surface area contributed by atoms with Crippen molar-refractivity contribution in [2.24, 2.45) is 0 Å². The molecule has 1 amide bonds. The molecule has 0 fully saturated rings. The monoisotopic (exact) mass is 199 g/mol. The highest BCUT2D eigenvalue weighted by atomic mass is 35.5. The Kier molecular flexibility index (Phi) is 1.77. The topological polar surface area (TPSA) is 29.1 Å². The van der Waals surface area contributed by atoms with Crippen molar-refractivity contribution in [1.82, 2.24) is 0 Å². The molecule has 4 heteroatoms. The minimum Gasteiger partial charge on any atom is -0.324 e. The molecule has 1 atom stereocenters. The van der Waals surface area contributed by atoms with Gasteiger partial charge in [0.05, 0.1) is 16.6 Å². The molecule has 13 heavy (non-hydrogen) atoms. The predicted molar refractivity (Wildman–Crippen MR) is 48.5 cm³/mol. The molecule has 1 aromatic rings. The van der Waals surface area contributed by atoms with Crippen LogP contribution in [0.1, 0.15) is 18.4 Å². The van der Waals surface area contributed by atoms with E-state index in [9.17, 15) is 9.18 Å². The zero-order valence-electron chi connectivity index (χ0n) is 6.90. The molecule has 0 radical (unpaired) electrons. The Balaban J connectivity index is 2.68. The molecule has 1 unspecified atom stereocenters. The molecule has 1 aliphatic heterocycles. The van der Waals surface area contributed by atoms with Gasteiger partial charge in [-0.3, -0.25) is 4.79 Å². The first-order valence-electron chi connectivity index (χ1n) is 3.90. The molecule has 0 aromatic heterocycles.